The first kappa shape index (κ1) is 12.3. The van der Waals surface area contributed by atoms with Gasteiger partial charge in [0.25, 0.3) is 0 Å². The van der Waals surface area contributed by atoms with Crippen LogP contribution in [0.25, 0.3) is 0 Å². The first-order chi connectivity index (χ1) is 8.69. The molecule has 0 atom stereocenters. The molecule has 0 bridgehead atoms. The Hall–Kier alpha value is -2.16. The molecule has 18 heavy (non-hydrogen) atoms. The summed E-state index contributed by atoms with van der Waals surface area (Å²) in [5.41, 5.74) is 1.15. The van der Waals surface area contributed by atoms with Crippen LogP contribution >= 0.6 is 0 Å². The van der Waals surface area contributed by atoms with Crippen molar-refractivity contribution in [2.24, 2.45) is 0 Å². The van der Waals surface area contributed by atoms with Crippen LogP contribution in [0.5, 0.6) is 17.2 Å². The van der Waals surface area contributed by atoms with Crippen LogP contribution in [0.4, 0.5) is 5.69 Å². The number of ether oxygens (including phenoxy) is 2. The van der Waals surface area contributed by atoms with Gasteiger partial charge in [-0.25, -0.2) is 0 Å². The average molecular weight is 243 g/mol. The molecule has 0 aliphatic carbocycles. The molecule has 2 rings (SSSR count). The fourth-order valence-electron chi connectivity index (χ4n) is 1.59. The molecule has 0 unspecified atom stereocenters. The van der Waals surface area contributed by atoms with Crippen LogP contribution in [-0.2, 0) is 0 Å². The van der Waals surface area contributed by atoms with E-state index in [-0.39, 0.29) is 0 Å². The van der Waals surface area contributed by atoms with E-state index in [0.717, 1.165) is 22.9 Å². The molecule has 3 heteroatoms. The van der Waals surface area contributed by atoms with E-state index in [1.165, 1.54) is 0 Å². The fourth-order valence-corrected chi connectivity index (χ4v) is 1.59. The zero-order valence-corrected chi connectivity index (χ0v) is 10.9. The van der Waals surface area contributed by atoms with Crippen LogP contribution in [0.3, 0.4) is 0 Å². The summed E-state index contributed by atoms with van der Waals surface area (Å²) in [6, 6.07) is 15.5. The Morgan fingerprint density at radius 2 is 1.17 bits per heavy atom. The lowest BCUT2D eigenvalue weighted by Gasteiger charge is -2.13. The molecule has 94 valence electrons. The van der Waals surface area contributed by atoms with Crippen molar-refractivity contribution < 1.29 is 9.47 Å². The molecule has 0 N–H and O–H groups in total. The van der Waals surface area contributed by atoms with Crippen LogP contribution in [0.15, 0.2) is 48.5 Å². The maximum Gasteiger partial charge on any atom is 0.127 e. The highest BCUT2D eigenvalue weighted by Crippen LogP contribution is 2.25. The molecular formula is C15H17NO2. The molecule has 3 nitrogen and oxygen atoms in total. The molecule has 0 aliphatic heterocycles. The van der Waals surface area contributed by atoms with E-state index in [4.69, 9.17) is 9.47 Å². The Morgan fingerprint density at radius 3 is 1.61 bits per heavy atom. The van der Waals surface area contributed by atoms with Gasteiger partial charge in [0.05, 0.1) is 7.11 Å². The summed E-state index contributed by atoms with van der Waals surface area (Å²) >= 11 is 0. The van der Waals surface area contributed by atoms with Crippen LogP contribution in [0, 0.1) is 0 Å². The van der Waals surface area contributed by atoms with Crippen LogP contribution in [0.1, 0.15) is 0 Å². The molecular weight excluding hydrogens is 226 g/mol. The van der Waals surface area contributed by atoms with Crippen LogP contribution in [0.2, 0.25) is 0 Å². The standard InChI is InChI=1S/C15H17NO2/c1-16(2)12-4-6-14(7-5-12)18-15-10-8-13(17-3)9-11-15/h4-11H,1-3H3. The first-order valence-corrected chi connectivity index (χ1v) is 5.78. The maximum absolute atomic E-state index is 5.74. The van der Waals surface area contributed by atoms with Crippen molar-refractivity contribution in [3.63, 3.8) is 0 Å². The van der Waals surface area contributed by atoms with Gasteiger partial charge in [-0.1, -0.05) is 0 Å². The second kappa shape index (κ2) is 5.45. The Labute approximate surface area is 108 Å². The second-order valence-electron chi connectivity index (χ2n) is 4.17. The minimum absolute atomic E-state index is 0.799. The SMILES string of the molecule is COc1ccc(Oc2ccc(N(C)C)cc2)cc1. The van der Waals surface area contributed by atoms with Crippen molar-refractivity contribution in [3.8, 4) is 17.2 Å². The predicted octanol–water partition coefficient (Wildman–Crippen LogP) is 3.55. The van der Waals surface area contributed by atoms with Crippen molar-refractivity contribution in [2.45, 2.75) is 0 Å². The lowest BCUT2D eigenvalue weighted by Crippen LogP contribution is -2.07. The van der Waals surface area contributed by atoms with E-state index in [2.05, 4.69) is 4.90 Å². The average Bonchev–Trinajstić information content (AvgIpc) is 2.40. The zero-order chi connectivity index (χ0) is 13.0. The molecule has 2 aromatic carbocycles. The maximum atomic E-state index is 5.74. The molecule has 0 saturated heterocycles. The van der Waals surface area contributed by atoms with E-state index >= 15 is 0 Å². The van der Waals surface area contributed by atoms with Gasteiger partial charge in [-0.15, -0.1) is 0 Å². The summed E-state index contributed by atoms with van der Waals surface area (Å²) in [4.78, 5) is 2.05. The minimum atomic E-state index is 0.799. The summed E-state index contributed by atoms with van der Waals surface area (Å²) in [7, 11) is 5.68. The quantitative estimate of drug-likeness (QED) is 0.819. The second-order valence-corrected chi connectivity index (χ2v) is 4.17. The number of benzene rings is 2. The van der Waals surface area contributed by atoms with Crippen molar-refractivity contribution in [1.82, 2.24) is 0 Å². The normalized spacial score (nSPS) is 9.94. The van der Waals surface area contributed by atoms with Crippen molar-refractivity contribution >= 4 is 5.69 Å². The molecule has 0 radical (unpaired) electrons. The lowest BCUT2D eigenvalue weighted by molar-refractivity contribution is 0.413. The largest absolute Gasteiger partial charge is 0.497 e. The number of anilines is 1. The van der Waals surface area contributed by atoms with Crippen LogP contribution < -0.4 is 14.4 Å². The third kappa shape index (κ3) is 2.94. The van der Waals surface area contributed by atoms with Crippen LogP contribution in [-0.4, -0.2) is 21.2 Å². The van der Waals surface area contributed by atoms with Crippen molar-refractivity contribution in [2.75, 3.05) is 26.1 Å². The van der Waals surface area contributed by atoms with Gasteiger partial charge in [0, 0.05) is 19.8 Å². The predicted molar refractivity (Wildman–Crippen MR) is 73.8 cm³/mol. The molecule has 0 amide bonds. The topological polar surface area (TPSA) is 21.7 Å². The van der Waals surface area contributed by atoms with E-state index in [9.17, 15) is 0 Å². The molecule has 0 fully saturated rings. The lowest BCUT2D eigenvalue weighted by atomic mass is 10.3. The summed E-state index contributed by atoms with van der Waals surface area (Å²) in [6.45, 7) is 0. The minimum Gasteiger partial charge on any atom is -0.497 e. The highest BCUT2D eigenvalue weighted by molar-refractivity contribution is 5.48. The molecule has 0 spiro atoms. The monoisotopic (exact) mass is 243 g/mol. The number of methoxy groups -OCH3 is 1. The summed E-state index contributed by atoms with van der Waals surface area (Å²) in [5, 5.41) is 0. The summed E-state index contributed by atoms with van der Waals surface area (Å²) in [5.74, 6) is 2.45. The van der Waals surface area contributed by atoms with Gasteiger partial charge >= 0.3 is 0 Å². The highest BCUT2D eigenvalue weighted by Gasteiger charge is 1.99. The molecule has 0 saturated carbocycles. The van der Waals surface area contributed by atoms with Gasteiger partial charge in [0.15, 0.2) is 0 Å². The Morgan fingerprint density at radius 1 is 0.722 bits per heavy atom. The first-order valence-electron chi connectivity index (χ1n) is 5.78. The Balaban J connectivity index is 2.08. The van der Waals surface area contributed by atoms with E-state index < -0.39 is 0 Å². The molecule has 0 aromatic heterocycles. The molecule has 0 aliphatic rings. The van der Waals surface area contributed by atoms with Gasteiger partial charge in [-0.05, 0) is 48.5 Å². The number of rotatable bonds is 4. The Bertz CT molecular complexity index is 489. The third-order valence-electron chi connectivity index (χ3n) is 2.65. The molecule has 2 aromatic rings. The van der Waals surface area contributed by atoms with Gasteiger partial charge in [0.1, 0.15) is 17.2 Å². The fraction of sp³-hybridized carbons (Fsp3) is 0.200. The van der Waals surface area contributed by atoms with Crippen molar-refractivity contribution in [3.05, 3.63) is 48.5 Å². The van der Waals surface area contributed by atoms with E-state index in [1.807, 2.05) is 62.6 Å². The number of nitrogens with zero attached hydrogens (tertiary/aromatic N) is 1. The van der Waals surface area contributed by atoms with Gasteiger partial charge in [-0.2, -0.15) is 0 Å². The van der Waals surface area contributed by atoms with Gasteiger partial charge in [0.2, 0.25) is 0 Å². The number of hydrogen-bond acceptors (Lipinski definition) is 3. The smallest absolute Gasteiger partial charge is 0.127 e. The van der Waals surface area contributed by atoms with Gasteiger partial charge in [-0.3, -0.25) is 0 Å². The summed E-state index contributed by atoms with van der Waals surface area (Å²) in [6.07, 6.45) is 0. The van der Waals surface area contributed by atoms with Gasteiger partial charge < -0.3 is 14.4 Å². The number of hydrogen-bond donors (Lipinski definition) is 0. The third-order valence-corrected chi connectivity index (χ3v) is 2.65. The zero-order valence-electron chi connectivity index (χ0n) is 10.9. The van der Waals surface area contributed by atoms with E-state index in [1.54, 1.807) is 7.11 Å². The molecule has 0 heterocycles. The Kier molecular flexibility index (Phi) is 3.72. The van der Waals surface area contributed by atoms with Crippen molar-refractivity contribution in [1.29, 1.82) is 0 Å². The summed E-state index contributed by atoms with van der Waals surface area (Å²) < 4.78 is 10.8. The highest BCUT2D eigenvalue weighted by atomic mass is 16.5. The van der Waals surface area contributed by atoms with E-state index in [0.29, 0.717) is 0 Å².